The van der Waals surface area contributed by atoms with Gasteiger partial charge in [-0.25, -0.2) is 4.98 Å². The third kappa shape index (κ3) is 2.00. The Morgan fingerprint density at radius 3 is 2.89 bits per heavy atom. The Balaban J connectivity index is 2.27. The Bertz CT molecular complexity index is 708. The van der Waals surface area contributed by atoms with Crippen LogP contribution < -0.4 is 0 Å². The first-order valence-electron chi connectivity index (χ1n) is 6.09. The smallest absolute Gasteiger partial charge is 0.160 e. The summed E-state index contributed by atoms with van der Waals surface area (Å²) >= 11 is 5.86. The number of halogens is 1. The lowest BCUT2D eigenvalue weighted by Gasteiger charge is -2.04. The van der Waals surface area contributed by atoms with Gasteiger partial charge in [0.25, 0.3) is 0 Å². The molecule has 0 aromatic carbocycles. The van der Waals surface area contributed by atoms with E-state index in [1.54, 1.807) is 12.4 Å². The number of pyridine rings is 1. The average Bonchev–Trinajstić information content (AvgIpc) is 2.90. The molecule has 0 atom stereocenters. The molecule has 5 nitrogen and oxygen atoms in total. The first-order valence-corrected chi connectivity index (χ1v) is 6.62. The highest BCUT2D eigenvalue weighted by atomic mass is 35.5. The number of hydrogen-bond acceptors (Lipinski definition) is 3. The molecule has 0 saturated carbocycles. The van der Waals surface area contributed by atoms with Crippen molar-refractivity contribution in [3.8, 4) is 5.82 Å². The third-order valence-corrected chi connectivity index (χ3v) is 3.36. The van der Waals surface area contributed by atoms with Gasteiger partial charge in [-0.3, -0.25) is 14.2 Å². The molecule has 0 bridgehead atoms. The van der Waals surface area contributed by atoms with Crippen LogP contribution in [-0.4, -0.2) is 30.2 Å². The van der Waals surface area contributed by atoms with E-state index in [0.717, 1.165) is 28.4 Å². The molecule has 0 aliphatic heterocycles. The fraction of sp³-hybridized carbons (Fsp3) is 0.308. The molecule has 0 fully saturated rings. The minimum Gasteiger partial charge on any atom is -0.279 e. The molecule has 0 amide bonds. The van der Waals surface area contributed by atoms with Crippen LogP contribution in [0.2, 0.25) is 0 Å². The summed E-state index contributed by atoms with van der Waals surface area (Å²) in [7, 11) is 1.93. The zero-order chi connectivity index (χ0) is 13.4. The van der Waals surface area contributed by atoms with Gasteiger partial charge in [0.05, 0.1) is 11.7 Å². The van der Waals surface area contributed by atoms with E-state index in [-0.39, 0.29) is 0 Å². The molecule has 3 aromatic rings. The number of imidazole rings is 1. The van der Waals surface area contributed by atoms with Gasteiger partial charge in [-0.05, 0) is 13.0 Å². The lowest BCUT2D eigenvalue weighted by Crippen LogP contribution is -2.03. The van der Waals surface area contributed by atoms with Crippen LogP contribution in [0.25, 0.3) is 16.9 Å². The maximum atomic E-state index is 5.86. The standard InChI is InChI=1S/C13H14ClN5/c1-9-7-13(17-18(9)2)19-11-4-6-15-8-10(11)16-12(19)3-5-14/h4,6-8H,3,5H2,1-2H3. The third-order valence-electron chi connectivity index (χ3n) is 3.17. The number of hydrogen-bond donors (Lipinski definition) is 0. The summed E-state index contributed by atoms with van der Waals surface area (Å²) in [5, 5.41) is 4.52. The maximum Gasteiger partial charge on any atom is 0.160 e. The Morgan fingerprint density at radius 1 is 1.37 bits per heavy atom. The van der Waals surface area contributed by atoms with Crippen LogP contribution in [0.4, 0.5) is 0 Å². The highest BCUT2D eigenvalue weighted by molar-refractivity contribution is 6.17. The minimum absolute atomic E-state index is 0.530. The normalized spacial score (nSPS) is 11.3. The van der Waals surface area contributed by atoms with Gasteiger partial charge in [-0.15, -0.1) is 11.6 Å². The fourth-order valence-corrected chi connectivity index (χ4v) is 2.31. The Kier molecular flexibility index (Phi) is 2.98. The SMILES string of the molecule is Cc1cc(-n2c(CCCl)nc3cnccc32)nn1C. The molecule has 98 valence electrons. The summed E-state index contributed by atoms with van der Waals surface area (Å²) in [5.74, 6) is 2.31. The second kappa shape index (κ2) is 4.66. The molecule has 0 spiro atoms. The quantitative estimate of drug-likeness (QED) is 0.689. The predicted molar refractivity (Wildman–Crippen MR) is 74.8 cm³/mol. The Hall–Kier alpha value is -1.88. The van der Waals surface area contributed by atoms with E-state index in [0.29, 0.717) is 12.3 Å². The number of fused-ring (bicyclic) bond motifs is 1. The summed E-state index contributed by atoms with van der Waals surface area (Å²) in [6.07, 6.45) is 4.23. The molecule has 3 rings (SSSR count). The van der Waals surface area contributed by atoms with Gasteiger partial charge in [0.2, 0.25) is 0 Å². The van der Waals surface area contributed by atoms with Crippen molar-refractivity contribution in [1.29, 1.82) is 0 Å². The van der Waals surface area contributed by atoms with Crippen molar-refractivity contribution in [3.63, 3.8) is 0 Å². The zero-order valence-corrected chi connectivity index (χ0v) is 11.6. The highest BCUT2D eigenvalue weighted by Gasteiger charge is 2.14. The summed E-state index contributed by atoms with van der Waals surface area (Å²) < 4.78 is 3.90. The lowest BCUT2D eigenvalue weighted by molar-refractivity contribution is 0.724. The molecule has 6 heteroatoms. The van der Waals surface area contributed by atoms with Crippen molar-refractivity contribution >= 4 is 22.6 Å². The maximum absolute atomic E-state index is 5.86. The van der Waals surface area contributed by atoms with Crippen molar-refractivity contribution in [3.05, 3.63) is 36.0 Å². The number of nitrogens with zero attached hydrogens (tertiary/aromatic N) is 5. The van der Waals surface area contributed by atoms with Gasteiger partial charge in [-0.1, -0.05) is 0 Å². The van der Waals surface area contributed by atoms with E-state index in [2.05, 4.69) is 15.1 Å². The van der Waals surface area contributed by atoms with Gasteiger partial charge < -0.3 is 0 Å². The summed E-state index contributed by atoms with van der Waals surface area (Å²) in [6.45, 7) is 2.03. The lowest BCUT2D eigenvalue weighted by atomic mass is 10.4. The van der Waals surface area contributed by atoms with E-state index in [4.69, 9.17) is 11.6 Å². The molecule has 0 unspecified atom stereocenters. The second-order valence-corrected chi connectivity index (χ2v) is 4.81. The van der Waals surface area contributed by atoms with Crippen LogP contribution in [-0.2, 0) is 13.5 Å². The van der Waals surface area contributed by atoms with Crippen LogP contribution in [0.5, 0.6) is 0 Å². The molecule has 0 saturated heterocycles. The zero-order valence-electron chi connectivity index (χ0n) is 10.8. The molecule has 0 aliphatic carbocycles. The van der Waals surface area contributed by atoms with E-state index >= 15 is 0 Å². The molecular weight excluding hydrogens is 262 g/mol. The number of aromatic nitrogens is 5. The van der Waals surface area contributed by atoms with Crippen molar-refractivity contribution in [2.75, 3.05) is 5.88 Å². The van der Waals surface area contributed by atoms with Crippen LogP contribution in [0.15, 0.2) is 24.5 Å². The van der Waals surface area contributed by atoms with Crippen molar-refractivity contribution in [2.45, 2.75) is 13.3 Å². The topological polar surface area (TPSA) is 48.5 Å². The first kappa shape index (κ1) is 12.2. The van der Waals surface area contributed by atoms with Crippen LogP contribution in [0, 0.1) is 6.92 Å². The van der Waals surface area contributed by atoms with E-state index < -0.39 is 0 Å². The molecule has 0 aliphatic rings. The van der Waals surface area contributed by atoms with Gasteiger partial charge in [0.15, 0.2) is 5.82 Å². The summed E-state index contributed by atoms with van der Waals surface area (Å²) in [4.78, 5) is 8.69. The van der Waals surface area contributed by atoms with E-state index in [1.807, 2.05) is 35.4 Å². The number of aryl methyl sites for hydroxylation is 3. The van der Waals surface area contributed by atoms with Crippen LogP contribution >= 0.6 is 11.6 Å². The highest BCUT2D eigenvalue weighted by Crippen LogP contribution is 2.21. The molecule has 3 heterocycles. The minimum atomic E-state index is 0.530. The largest absolute Gasteiger partial charge is 0.279 e. The Morgan fingerprint density at radius 2 is 2.21 bits per heavy atom. The van der Waals surface area contributed by atoms with Gasteiger partial charge >= 0.3 is 0 Å². The number of rotatable bonds is 3. The fourth-order valence-electron chi connectivity index (χ4n) is 2.14. The van der Waals surface area contributed by atoms with Crippen LogP contribution in [0.3, 0.4) is 0 Å². The predicted octanol–water partition coefficient (Wildman–Crippen LogP) is 2.24. The molecule has 0 N–H and O–H groups in total. The number of alkyl halides is 1. The Labute approximate surface area is 115 Å². The van der Waals surface area contributed by atoms with Crippen molar-refractivity contribution in [1.82, 2.24) is 24.3 Å². The molecule has 3 aromatic heterocycles. The molecular formula is C13H14ClN5. The summed E-state index contributed by atoms with van der Waals surface area (Å²) in [5.41, 5.74) is 2.97. The van der Waals surface area contributed by atoms with Gasteiger partial charge in [-0.2, -0.15) is 5.10 Å². The van der Waals surface area contributed by atoms with Crippen molar-refractivity contribution < 1.29 is 0 Å². The monoisotopic (exact) mass is 275 g/mol. The average molecular weight is 276 g/mol. The second-order valence-electron chi connectivity index (χ2n) is 4.43. The van der Waals surface area contributed by atoms with E-state index in [1.165, 1.54) is 0 Å². The molecule has 0 radical (unpaired) electrons. The van der Waals surface area contributed by atoms with Gasteiger partial charge in [0, 0.05) is 37.3 Å². The van der Waals surface area contributed by atoms with Crippen molar-refractivity contribution in [2.24, 2.45) is 7.05 Å². The van der Waals surface area contributed by atoms with Gasteiger partial charge in [0.1, 0.15) is 11.3 Å². The van der Waals surface area contributed by atoms with Crippen LogP contribution in [0.1, 0.15) is 11.5 Å². The molecule has 19 heavy (non-hydrogen) atoms. The first-order chi connectivity index (χ1) is 9.20. The summed E-state index contributed by atoms with van der Waals surface area (Å²) in [6, 6.07) is 3.99. The van der Waals surface area contributed by atoms with E-state index in [9.17, 15) is 0 Å².